The van der Waals surface area contributed by atoms with Gasteiger partial charge < -0.3 is 0 Å². The highest BCUT2D eigenvalue weighted by Gasteiger charge is 2.10. The first-order valence-corrected chi connectivity index (χ1v) is 5.15. The van der Waals surface area contributed by atoms with E-state index in [1.165, 1.54) is 6.33 Å². The molecule has 1 aromatic carbocycles. The number of hydrogen-bond donors (Lipinski definition) is 0. The topological polar surface area (TPSA) is 49.6 Å². The SMILES string of the molecule is Cc1cccc(Cc2ncnc(C#N)c2F)c1. The van der Waals surface area contributed by atoms with Crippen LogP contribution in [-0.2, 0) is 6.42 Å². The Morgan fingerprint density at radius 1 is 1.35 bits per heavy atom. The summed E-state index contributed by atoms with van der Waals surface area (Å²) in [6.45, 7) is 1.97. The molecule has 0 radical (unpaired) electrons. The highest BCUT2D eigenvalue weighted by atomic mass is 19.1. The van der Waals surface area contributed by atoms with Crippen LogP contribution in [0, 0.1) is 24.1 Å². The first kappa shape index (κ1) is 11.2. The molecule has 0 spiro atoms. The summed E-state index contributed by atoms with van der Waals surface area (Å²) in [7, 11) is 0. The van der Waals surface area contributed by atoms with Crippen molar-refractivity contribution < 1.29 is 4.39 Å². The van der Waals surface area contributed by atoms with Crippen LogP contribution in [0.1, 0.15) is 22.5 Å². The van der Waals surface area contributed by atoms with Gasteiger partial charge in [0, 0.05) is 6.42 Å². The van der Waals surface area contributed by atoms with Crippen molar-refractivity contribution in [2.75, 3.05) is 0 Å². The molecule has 0 N–H and O–H groups in total. The monoisotopic (exact) mass is 227 g/mol. The van der Waals surface area contributed by atoms with Gasteiger partial charge in [0.25, 0.3) is 0 Å². The molecule has 0 saturated heterocycles. The number of halogens is 1. The van der Waals surface area contributed by atoms with Crippen LogP contribution in [0.2, 0.25) is 0 Å². The number of aromatic nitrogens is 2. The Morgan fingerprint density at radius 3 is 2.88 bits per heavy atom. The van der Waals surface area contributed by atoms with E-state index in [0.29, 0.717) is 6.42 Å². The summed E-state index contributed by atoms with van der Waals surface area (Å²) in [6.07, 6.45) is 1.58. The first-order chi connectivity index (χ1) is 8.20. The highest BCUT2D eigenvalue weighted by Crippen LogP contribution is 2.13. The summed E-state index contributed by atoms with van der Waals surface area (Å²) in [5.74, 6) is -0.628. The van der Waals surface area contributed by atoms with Gasteiger partial charge in [0.05, 0.1) is 5.69 Å². The van der Waals surface area contributed by atoms with E-state index >= 15 is 0 Å². The summed E-state index contributed by atoms with van der Waals surface area (Å²) in [4.78, 5) is 7.44. The van der Waals surface area contributed by atoms with Gasteiger partial charge in [0.2, 0.25) is 0 Å². The van der Waals surface area contributed by atoms with E-state index in [2.05, 4.69) is 9.97 Å². The van der Waals surface area contributed by atoms with E-state index in [4.69, 9.17) is 5.26 Å². The van der Waals surface area contributed by atoms with Gasteiger partial charge in [-0.3, -0.25) is 0 Å². The summed E-state index contributed by atoms with van der Waals surface area (Å²) in [5, 5.41) is 8.67. The fourth-order valence-electron chi connectivity index (χ4n) is 1.62. The molecule has 17 heavy (non-hydrogen) atoms. The quantitative estimate of drug-likeness (QED) is 0.791. The third-order valence-electron chi connectivity index (χ3n) is 2.42. The van der Waals surface area contributed by atoms with Crippen molar-refractivity contribution in [2.24, 2.45) is 0 Å². The Morgan fingerprint density at radius 2 is 2.18 bits per heavy atom. The lowest BCUT2D eigenvalue weighted by atomic mass is 10.1. The lowest BCUT2D eigenvalue weighted by Gasteiger charge is -2.03. The van der Waals surface area contributed by atoms with Gasteiger partial charge >= 0.3 is 0 Å². The highest BCUT2D eigenvalue weighted by molar-refractivity contribution is 5.30. The zero-order valence-electron chi connectivity index (χ0n) is 9.31. The molecule has 1 heterocycles. The summed E-state index contributed by atoms with van der Waals surface area (Å²) >= 11 is 0. The van der Waals surface area contributed by atoms with Crippen LogP contribution in [0.3, 0.4) is 0 Å². The Bertz CT molecular complexity index is 587. The minimum absolute atomic E-state index is 0.206. The second kappa shape index (κ2) is 4.71. The lowest BCUT2D eigenvalue weighted by molar-refractivity contribution is 0.590. The van der Waals surface area contributed by atoms with Gasteiger partial charge in [-0.15, -0.1) is 0 Å². The minimum atomic E-state index is -0.628. The smallest absolute Gasteiger partial charge is 0.181 e. The summed E-state index contributed by atoms with van der Waals surface area (Å²) in [6, 6.07) is 9.46. The summed E-state index contributed by atoms with van der Waals surface area (Å²) in [5.41, 5.74) is 2.12. The molecule has 0 aliphatic rings. The third-order valence-corrected chi connectivity index (χ3v) is 2.42. The Balaban J connectivity index is 2.34. The first-order valence-electron chi connectivity index (χ1n) is 5.15. The maximum atomic E-state index is 13.7. The van der Waals surface area contributed by atoms with Crippen LogP contribution in [0.15, 0.2) is 30.6 Å². The van der Waals surface area contributed by atoms with Gasteiger partial charge in [-0.25, -0.2) is 14.4 Å². The predicted molar refractivity (Wildman–Crippen MR) is 60.7 cm³/mol. The molecule has 0 saturated carbocycles. The Kier molecular flexibility index (Phi) is 3.10. The molecule has 0 bridgehead atoms. The molecule has 0 unspecified atom stereocenters. The second-order valence-electron chi connectivity index (χ2n) is 3.76. The number of benzene rings is 1. The molecule has 3 nitrogen and oxygen atoms in total. The summed E-state index contributed by atoms with van der Waals surface area (Å²) < 4.78 is 13.7. The van der Waals surface area contributed by atoms with E-state index in [9.17, 15) is 4.39 Å². The lowest BCUT2D eigenvalue weighted by Crippen LogP contribution is -2.01. The number of aryl methyl sites for hydroxylation is 1. The molecule has 0 aliphatic carbocycles. The van der Waals surface area contributed by atoms with Crippen LogP contribution in [0.4, 0.5) is 4.39 Å². The normalized spacial score (nSPS) is 9.94. The Hall–Kier alpha value is -2.28. The molecule has 2 aromatic rings. The maximum absolute atomic E-state index is 13.7. The minimum Gasteiger partial charge on any atom is -0.238 e. The van der Waals surface area contributed by atoms with Crippen LogP contribution in [-0.4, -0.2) is 9.97 Å². The Labute approximate surface area is 98.6 Å². The number of nitriles is 1. The van der Waals surface area contributed by atoms with Gasteiger partial charge in [0.15, 0.2) is 11.5 Å². The number of rotatable bonds is 2. The van der Waals surface area contributed by atoms with Crippen LogP contribution in [0.5, 0.6) is 0 Å². The molecule has 4 heteroatoms. The molecule has 0 fully saturated rings. The molecule has 0 amide bonds. The maximum Gasteiger partial charge on any atom is 0.181 e. The van der Waals surface area contributed by atoms with Crippen LogP contribution < -0.4 is 0 Å². The fraction of sp³-hybridized carbons (Fsp3) is 0.154. The third kappa shape index (κ3) is 2.45. The molecular formula is C13H10FN3. The van der Waals surface area contributed by atoms with Crippen molar-refractivity contribution in [3.63, 3.8) is 0 Å². The molecule has 1 aromatic heterocycles. The standard InChI is InChI=1S/C13H10FN3/c1-9-3-2-4-10(5-9)6-11-13(14)12(7-15)17-8-16-11/h2-5,8H,6H2,1H3. The van der Waals surface area contributed by atoms with Crippen molar-refractivity contribution >= 4 is 0 Å². The van der Waals surface area contributed by atoms with E-state index in [-0.39, 0.29) is 11.4 Å². The van der Waals surface area contributed by atoms with E-state index in [1.54, 1.807) is 6.07 Å². The fourth-order valence-corrected chi connectivity index (χ4v) is 1.62. The van der Waals surface area contributed by atoms with E-state index < -0.39 is 5.82 Å². The van der Waals surface area contributed by atoms with Gasteiger partial charge in [0.1, 0.15) is 12.4 Å². The van der Waals surface area contributed by atoms with Gasteiger partial charge in [-0.1, -0.05) is 29.8 Å². The molecular weight excluding hydrogens is 217 g/mol. The average Bonchev–Trinajstić information content (AvgIpc) is 2.32. The molecule has 84 valence electrons. The average molecular weight is 227 g/mol. The van der Waals surface area contributed by atoms with E-state index in [0.717, 1.165) is 11.1 Å². The predicted octanol–water partition coefficient (Wildman–Crippen LogP) is 2.39. The number of hydrogen-bond acceptors (Lipinski definition) is 3. The molecule has 0 atom stereocenters. The van der Waals surface area contributed by atoms with Crippen molar-refractivity contribution in [2.45, 2.75) is 13.3 Å². The zero-order valence-corrected chi connectivity index (χ0v) is 9.31. The van der Waals surface area contributed by atoms with E-state index in [1.807, 2.05) is 31.2 Å². The zero-order chi connectivity index (χ0) is 12.3. The van der Waals surface area contributed by atoms with Gasteiger partial charge in [-0.2, -0.15) is 5.26 Å². The largest absolute Gasteiger partial charge is 0.238 e. The molecule has 2 rings (SSSR count). The van der Waals surface area contributed by atoms with Gasteiger partial charge in [-0.05, 0) is 12.5 Å². The van der Waals surface area contributed by atoms with Crippen LogP contribution >= 0.6 is 0 Å². The van der Waals surface area contributed by atoms with Crippen molar-refractivity contribution in [1.29, 1.82) is 5.26 Å². The second-order valence-corrected chi connectivity index (χ2v) is 3.76. The van der Waals surface area contributed by atoms with Crippen molar-refractivity contribution in [3.8, 4) is 6.07 Å². The van der Waals surface area contributed by atoms with Crippen molar-refractivity contribution in [3.05, 3.63) is 58.9 Å². The van der Waals surface area contributed by atoms with Crippen molar-refractivity contribution in [1.82, 2.24) is 9.97 Å². The van der Waals surface area contributed by atoms with Crippen LogP contribution in [0.25, 0.3) is 0 Å². The molecule has 0 aliphatic heterocycles. The number of nitrogens with zero attached hydrogens (tertiary/aromatic N) is 3.